The van der Waals surface area contributed by atoms with Crippen LogP contribution in [0.3, 0.4) is 0 Å². The maximum Gasteiger partial charge on any atom is 0.409 e. The van der Waals surface area contributed by atoms with Crippen molar-refractivity contribution in [3.05, 3.63) is 41.6 Å². The summed E-state index contributed by atoms with van der Waals surface area (Å²) in [5.41, 5.74) is 3.21. The molecule has 0 unspecified atom stereocenters. The molecular formula is C22H31N5O2. The van der Waals surface area contributed by atoms with Crippen LogP contribution >= 0.6 is 0 Å². The van der Waals surface area contributed by atoms with Crippen molar-refractivity contribution in [3.8, 4) is 0 Å². The minimum absolute atomic E-state index is 0.229. The number of hydrogen-bond acceptors (Lipinski definition) is 6. The summed E-state index contributed by atoms with van der Waals surface area (Å²) in [5, 5.41) is 6.79. The van der Waals surface area contributed by atoms with E-state index in [9.17, 15) is 4.79 Å². The highest BCUT2D eigenvalue weighted by atomic mass is 16.6. The fourth-order valence-corrected chi connectivity index (χ4v) is 3.40. The molecule has 29 heavy (non-hydrogen) atoms. The molecule has 3 rings (SSSR count). The molecule has 2 aromatic rings. The Hall–Kier alpha value is -2.83. The number of nitrogens with zero attached hydrogens (tertiary/aromatic N) is 3. The smallest absolute Gasteiger partial charge is 0.409 e. The van der Waals surface area contributed by atoms with Gasteiger partial charge in [-0.25, -0.2) is 9.78 Å². The molecule has 7 nitrogen and oxygen atoms in total. The molecule has 0 atom stereocenters. The van der Waals surface area contributed by atoms with Crippen LogP contribution in [-0.2, 0) is 4.74 Å². The van der Waals surface area contributed by atoms with E-state index in [1.165, 1.54) is 5.56 Å². The van der Waals surface area contributed by atoms with E-state index in [1.807, 2.05) is 19.9 Å². The SMILES string of the molecule is CCOC(=O)N1CCC(Nc2nc(C)cc(Nc3ccc(C(C)C)cc3)n2)CC1. The van der Waals surface area contributed by atoms with Gasteiger partial charge in [0, 0.05) is 36.6 Å². The van der Waals surface area contributed by atoms with E-state index in [-0.39, 0.29) is 12.1 Å². The third-order valence-electron chi connectivity index (χ3n) is 5.06. The number of benzene rings is 1. The van der Waals surface area contributed by atoms with Gasteiger partial charge in [-0.3, -0.25) is 0 Å². The summed E-state index contributed by atoms with van der Waals surface area (Å²) >= 11 is 0. The van der Waals surface area contributed by atoms with Gasteiger partial charge < -0.3 is 20.3 Å². The van der Waals surface area contributed by atoms with Crippen LogP contribution in [0, 0.1) is 6.92 Å². The van der Waals surface area contributed by atoms with Crippen molar-refractivity contribution in [2.24, 2.45) is 0 Å². The first-order valence-electron chi connectivity index (χ1n) is 10.4. The standard InChI is InChI=1S/C22H31N5O2/c1-5-29-22(28)27-12-10-19(11-13-27)25-21-23-16(4)14-20(26-21)24-18-8-6-17(7-9-18)15(2)3/h6-9,14-15,19H,5,10-13H2,1-4H3,(H2,23,24,25,26). The number of ether oxygens (including phenoxy) is 1. The number of carbonyl (C=O) groups excluding carboxylic acids is 1. The molecule has 1 aliphatic heterocycles. The number of likely N-dealkylation sites (tertiary alicyclic amines) is 1. The van der Waals surface area contributed by atoms with E-state index in [2.05, 4.69) is 58.7 Å². The zero-order chi connectivity index (χ0) is 20.8. The lowest BCUT2D eigenvalue weighted by Gasteiger charge is -2.31. The minimum atomic E-state index is -0.229. The van der Waals surface area contributed by atoms with Gasteiger partial charge in [0.05, 0.1) is 6.61 Å². The minimum Gasteiger partial charge on any atom is -0.450 e. The molecule has 0 saturated carbocycles. The summed E-state index contributed by atoms with van der Waals surface area (Å²) in [4.78, 5) is 22.7. The van der Waals surface area contributed by atoms with Crippen LogP contribution in [0.2, 0.25) is 0 Å². The fourth-order valence-electron chi connectivity index (χ4n) is 3.40. The highest BCUT2D eigenvalue weighted by Crippen LogP contribution is 2.22. The molecule has 1 saturated heterocycles. The lowest BCUT2D eigenvalue weighted by molar-refractivity contribution is 0.0983. The van der Waals surface area contributed by atoms with E-state index in [1.54, 1.807) is 4.90 Å². The number of amides is 1. The Morgan fingerprint density at radius 3 is 2.52 bits per heavy atom. The summed E-state index contributed by atoms with van der Waals surface area (Å²) in [6.07, 6.45) is 1.46. The van der Waals surface area contributed by atoms with Gasteiger partial charge in [-0.05, 0) is 50.3 Å². The number of aromatic nitrogens is 2. The van der Waals surface area contributed by atoms with E-state index >= 15 is 0 Å². The van der Waals surface area contributed by atoms with Crippen LogP contribution < -0.4 is 10.6 Å². The third kappa shape index (κ3) is 5.82. The number of nitrogens with one attached hydrogen (secondary N) is 2. The maximum atomic E-state index is 11.8. The Bertz CT molecular complexity index is 814. The molecule has 1 aromatic carbocycles. The van der Waals surface area contributed by atoms with Gasteiger partial charge in [-0.15, -0.1) is 0 Å². The van der Waals surface area contributed by atoms with Crippen molar-refractivity contribution >= 4 is 23.5 Å². The van der Waals surface area contributed by atoms with Gasteiger partial charge in [0.15, 0.2) is 0 Å². The molecule has 2 N–H and O–H groups in total. The van der Waals surface area contributed by atoms with Crippen LogP contribution in [0.25, 0.3) is 0 Å². The van der Waals surface area contributed by atoms with Gasteiger partial charge in [0.1, 0.15) is 5.82 Å². The highest BCUT2D eigenvalue weighted by Gasteiger charge is 2.24. The van der Waals surface area contributed by atoms with Gasteiger partial charge in [-0.1, -0.05) is 26.0 Å². The Labute approximate surface area is 172 Å². The van der Waals surface area contributed by atoms with Crippen molar-refractivity contribution in [1.29, 1.82) is 0 Å². The first-order chi connectivity index (χ1) is 13.9. The van der Waals surface area contributed by atoms with Gasteiger partial charge in [-0.2, -0.15) is 4.98 Å². The molecule has 0 aliphatic carbocycles. The topological polar surface area (TPSA) is 79.4 Å². The summed E-state index contributed by atoms with van der Waals surface area (Å²) in [6, 6.07) is 10.6. The fraction of sp³-hybridized carbons (Fsp3) is 0.500. The molecule has 0 spiro atoms. The molecule has 1 aliphatic rings. The largest absolute Gasteiger partial charge is 0.450 e. The van der Waals surface area contributed by atoms with Crippen LogP contribution in [0.1, 0.15) is 50.8 Å². The van der Waals surface area contributed by atoms with Crippen molar-refractivity contribution in [3.63, 3.8) is 0 Å². The summed E-state index contributed by atoms with van der Waals surface area (Å²) < 4.78 is 5.08. The molecule has 0 bridgehead atoms. The first-order valence-corrected chi connectivity index (χ1v) is 10.4. The van der Waals surface area contributed by atoms with E-state index in [4.69, 9.17) is 4.74 Å². The maximum absolute atomic E-state index is 11.8. The Morgan fingerprint density at radius 1 is 1.21 bits per heavy atom. The van der Waals surface area contributed by atoms with Gasteiger partial charge >= 0.3 is 6.09 Å². The molecule has 156 valence electrons. The Kier molecular flexibility index (Phi) is 6.90. The summed E-state index contributed by atoms with van der Waals surface area (Å²) in [5.74, 6) is 1.89. The predicted molar refractivity (Wildman–Crippen MR) is 116 cm³/mol. The van der Waals surface area contributed by atoms with Gasteiger partial charge in [0.2, 0.25) is 5.95 Å². The average molecular weight is 398 g/mol. The quantitative estimate of drug-likeness (QED) is 0.736. The van der Waals surface area contributed by atoms with E-state index in [0.717, 1.165) is 30.0 Å². The zero-order valence-electron chi connectivity index (χ0n) is 17.7. The normalized spacial score (nSPS) is 14.7. The van der Waals surface area contributed by atoms with Crippen molar-refractivity contribution < 1.29 is 9.53 Å². The molecular weight excluding hydrogens is 366 g/mol. The second kappa shape index (κ2) is 9.58. The number of aryl methyl sites for hydroxylation is 1. The number of anilines is 3. The summed E-state index contributed by atoms with van der Waals surface area (Å²) in [6.45, 7) is 9.92. The van der Waals surface area contributed by atoms with Crippen molar-refractivity contribution in [2.45, 2.75) is 52.5 Å². The van der Waals surface area contributed by atoms with E-state index < -0.39 is 0 Å². The lowest BCUT2D eigenvalue weighted by Crippen LogP contribution is -2.42. The lowest BCUT2D eigenvalue weighted by atomic mass is 10.0. The Balaban J connectivity index is 1.60. The van der Waals surface area contributed by atoms with E-state index in [0.29, 0.717) is 31.6 Å². The van der Waals surface area contributed by atoms with Crippen LogP contribution in [-0.4, -0.2) is 46.7 Å². The first kappa shape index (κ1) is 20.9. The molecule has 1 aromatic heterocycles. The second-order valence-electron chi connectivity index (χ2n) is 7.72. The number of carbonyl (C=O) groups is 1. The van der Waals surface area contributed by atoms with Crippen LogP contribution in [0.15, 0.2) is 30.3 Å². The molecule has 2 heterocycles. The number of hydrogen-bond donors (Lipinski definition) is 2. The summed E-state index contributed by atoms with van der Waals surface area (Å²) in [7, 11) is 0. The molecule has 7 heteroatoms. The molecule has 0 radical (unpaired) electrons. The molecule has 1 amide bonds. The third-order valence-corrected chi connectivity index (χ3v) is 5.06. The van der Waals surface area contributed by atoms with Crippen molar-refractivity contribution in [1.82, 2.24) is 14.9 Å². The molecule has 1 fully saturated rings. The predicted octanol–water partition coefficient (Wildman–Crippen LogP) is 4.68. The number of piperidine rings is 1. The van der Waals surface area contributed by atoms with Crippen LogP contribution in [0.5, 0.6) is 0 Å². The number of rotatable bonds is 6. The van der Waals surface area contributed by atoms with Crippen molar-refractivity contribution in [2.75, 3.05) is 30.3 Å². The monoisotopic (exact) mass is 397 g/mol. The second-order valence-corrected chi connectivity index (χ2v) is 7.72. The average Bonchev–Trinajstić information content (AvgIpc) is 2.68. The Morgan fingerprint density at radius 2 is 1.90 bits per heavy atom. The van der Waals surface area contributed by atoms with Gasteiger partial charge in [0.25, 0.3) is 0 Å². The zero-order valence-corrected chi connectivity index (χ0v) is 17.7. The highest BCUT2D eigenvalue weighted by molar-refractivity contribution is 5.67. The van der Waals surface area contributed by atoms with Crippen LogP contribution in [0.4, 0.5) is 22.2 Å².